The van der Waals surface area contributed by atoms with Crippen LogP contribution < -0.4 is 4.74 Å². The third-order valence-electron chi connectivity index (χ3n) is 1.72. The summed E-state index contributed by atoms with van der Waals surface area (Å²) in [5.41, 5.74) is 0.535. The van der Waals surface area contributed by atoms with Crippen LogP contribution in [-0.4, -0.2) is 21.6 Å². The molecule has 0 aliphatic heterocycles. The zero-order chi connectivity index (χ0) is 9.97. The Bertz CT molecular complexity index is 442. The molecule has 0 saturated carbocycles. The van der Waals surface area contributed by atoms with E-state index >= 15 is 0 Å². The molecule has 72 valence electrons. The van der Waals surface area contributed by atoms with Crippen molar-refractivity contribution < 1.29 is 9.84 Å². The third-order valence-corrected chi connectivity index (χ3v) is 2.50. The molecule has 4 nitrogen and oxygen atoms in total. The van der Waals surface area contributed by atoms with Crippen LogP contribution in [0, 0.1) is 0 Å². The second kappa shape index (κ2) is 3.63. The molecule has 0 bridgehead atoms. The fourth-order valence-electron chi connectivity index (χ4n) is 1.05. The second-order valence-electron chi connectivity index (χ2n) is 2.60. The first-order valence-electron chi connectivity index (χ1n) is 3.96. The molecule has 0 aliphatic carbocycles. The van der Waals surface area contributed by atoms with E-state index in [0.717, 1.165) is 4.88 Å². The van der Waals surface area contributed by atoms with E-state index in [1.807, 2.05) is 0 Å². The van der Waals surface area contributed by atoms with Gasteiger partial charge in [0, 0.05) is 12.3 Å². The van der Waals surface area contributed by atoms with E-state index in [-0.39, 0.29) is 5.75 Å². The lowest BCUT2D eigenvalue weighted by atomic mass is 10.3. The Hall–Kier alpha value is -1.62. The van der Waals surface area contributed by atoms with Crippen molar-refractivity contribution in [3.63, 3.8) is 0 Å². The fraction of sp³-hybridized carbons (Fsp3) is 0.111. The summed E-state index contributed by atoms with van der Waals surface area (Å²) in [6.07, 6.45) is 1.63. The van der Waals surface area contributed by atoms with E-state index in [1.165, 1.54) is 11.5 Å². The standard InChI is InChI=1S/C9H8N2O2S/c1-13-8-5-7(14-11-8)9-6(12)3-2-4-10-9/h2-5,12H,1H3. The summed E-state index contributed by atoms with van der Waals surface area (Å²) >= 11 is 1.24. The Morgan fingerprint density at radius 1 is 1.50 bits per heavy atom. The lowest BCUT2D eigenvalue weighted by molar-refractivity contribution is 0.403. The number of ether oxygens (including phenoxy) is 1. The van der Waals surface area contributed by atoms with Gasteiger partial charge >= 0.3 is 0 Å². The summed E-state index contributed by atoms with van der Waals surface area (Å²) in [7, 11) is 1.55. The highest BCUT2D eigenvalue weighted by molar-refractivity contribution is 7.09. The lowest BCUT2D eigenvalue weighted by Crippen LogP contribution is -1.80. The third kappa shape index (κ3) is 1.54. The summed E-state index contributed by atoms with van der Waals surface area (Å²) in [6, 6.07) is 5.01. The highest BCUT2D eigenvalue weighted by atomic mass is 32.1. The molecule has 2 aromatic heterocycles. The zero-order valence-corrected chi connectivity index (χ0v) is 8.28. The van der Waals surface area contributed by atoms with Crippen molar-refractivity contribution >= 4 is 11.5 Å². The topological polar surface area (TPSA) is 55.2 Å². The van der Waals surface area contributed by atoms with Crippen LogP contribution in [0.15, 0.2) is 24.4 Å². The average molecular weight is 208 g/mol. The number of methoxy groups -OCH3 is 1. The van der Waals surface area contributed by atoms with Crippen molar-refractivity contribution in [2.75, 3.05) is 7.11 Å². The van der Waals surface area contributed by atoms with Gasteiger partial charge in [-0.2, -0.15) is 4.37 Å². The normalized spacial score (nSPS) is 10.1. The van der Waals surface area contributed by atoms with Gasteiger partial charge in [-0.15, -0.1) is 0 Å². The van der Waals surface area contributed by atoms with Crippen LogP contribution in [0.5, 0.6) is 11.6 Å². The summed E-state index contributed by atoms with van der Waals surface area (Å²) < 4.78 is 8.97. The van der Waals surface area contributed by atoms with E-state index in [1.54, 1.807) is 31.5 Å². The lowest BCUT2D eigenvalue weighted by Gasteiger charge is -1.97. The molecule has 2 rings (SSSR count). The van der Waals surface area contributed by atoms with Crippen LogP contribution >= 0.6 is 11.5 Å². The number of pyridine rings is 1. The van der Waals surface area contributed by atoms with Crippen molar-refractivity contribution in [3.8, 4) is 22.2 Å². The van der Waals surface area contributed by atoms with Gasteiger partial charge < -0.3 is 9.84 Å². The summed E-state index contributed by atoms with van der Waals surface area (Å²) in [5, 5.41) is 9.52. The molecule has 0 aliphatic rings. The maximum Gasteiger partial charge on any atom is 0.225 e. The van der Waals surface area contributed by atoms with E-state index in [4.69, 9.17) is 4.74 Å². The summed E-state index contributed by atoms with van der Waals surface area (Å²) in [4.78, 5) is 4.85. The van der Waals surface area contributed by atoms with Crippen molar-refractivity contribution in [3.05, 3.63) is 24.4 Å². The SMILES string of the molecule is COc1cc(-c2ncccc2O)sn1. The molecular weight excluding hydrogens is 200 g/mol. The second-order valence-corrected chi connectivity index (χ2v) is 3.41. The maximum absolute atomic E-state index is 9.52. The molecule has 0 unspecified atom stereocenters. The highest BCUT2D eigenvalue weighted by Gasteiger charge is 2.09. The fourth-order valence-corrected chi connectivity index (χ4v) is 1.77. The predicted octanol–water partition coefficient (Wildman–Crippen LogP) is 1.92. The van der Waals surface area contributed by atoms with Gasteiger partial charge in [-0.05, 0) is 23.7 Å². The van der Waals surface area contributed by atoms with Gasteiger partial charge in [-0.1, -0.05) is 0 Å². The van der Waals surface area contributed by atoms with E-state index in [2.05, 4.69) is 9.36 Å². The molecule has 0 spiro atoms. The maximum atomic E-state index is 9.52. The van der Waals surface area contributed by atoms with Crippen molar-refractivity contribution in [2.45, 2.75) is 0 Å². The summed E-state index contributed by atoms with van der Waals surface area (Å²) in [6.45, 7) is 0. The average Bonchev–Trinajstić information content (AvgIpc) is 2.67. The molecule has 0 amide bonds. The minimum Gasteiger partial charge on any atom is -0.506 e. The Labute approximate surface area is 85.0 Å². The molecule has 5 heteroatoms. The Balaban J connectivity index is 2.44. The van der Waals surface area contributed by atoms with Crippen LogP contribution in [-0.2, 0) is 0 Å². The van der Waals surface area contributed by atoms with Crippen molar-refractivity contribution in [1.29, 1.82) is 0 Å². The van der Waals surface area contributed by atoms with Gasteiger partial charge in [-0.3, -0.25) is 4.98 Å². The Morgan fingerprint density at radius 2 is 2.36 bits per heavy atom. The molecule has 0 saturated heterocycles. The van der Waals surface area contributed by atoms with E-state index < -0.39 is 0 Å². The number of aromatic nitrogens is 2. The molecular formula is C9H8N2O2S. The number of hydrogen-bond acceptors (Lipinski definition) is 5. The number of rotatable bonds is 2. The molecule has 0 radical (unpaired) electrons. The minimum absolute atomic E-state index is 0.152. The van der Waals surface area contributed by atoms with E-state index in [9.17, 15) is 5.11 Å². The Kier molecular flexibility index (Phi) is 2.32. The van der Waals surface area contributed by atoms with Gasteiger partial charge in [0.2, 0.25) is 5.88 Å². The Morgan fingerprint density at radius 3 is 3.00 bits per heavy atom. The molecule has 1 N–H and O–H groups in total. The summed E-state index contributed by atoms with van der Waals surface area (Å²) in [5.74, 6) is 0.689. The van der Waals surface area contributed by atoms with Crippen molar-refractivity contribution in [1.82, 2.24) is 9.36 Å². The van der Waals surface area contributed by atoms with Gasteiger partial charge in [0.25, 0.3) is 0 Å². The monoisotopic (exact) mass is 208 g/mol. The smallest absolute Gasteiger partial charge is 0.225 e. The molecule has 2 heterocycles. The highest BCUT2D eigenvalue weighted by Crippen LogP contribution is 2.31. The van der Waals surface area contributed by atoms with Crippen LogP contribution in [0.4, 0.5) is 0 Å². The first-order valence-corrected chi connectivity index (χ1v) is 4.73. The quantitative estimate of drug-likeness (QED) is 0.819. The van der Waals surface area contributed by atoms with Gasteiger partial charge in [0.1, 0.15) is 11.4 Å². The number of aromatic hydroxyl groups is 1. The zero-order valence-electron chi connectivity index (χ0n) is 7.47. The largest absolute Gasteiger partial charge is 0.506 e. The van der Waals surface area contributed by atoms with E-state index in [0.29, 0.717) is 11.6 Å². The van der Waals surface area contributed by atoms with Crippen LogP contribution in [0.3, 0.4) is 0 Å². The first kappa shape index (κ1) is 8.96. The molecule has 14 heavy (non-hydrogen) atoms. The predicted molar refractivity (Wildman–Crippen MR) is 53.6 cm³/mol. The van der Waals surface area contributed by atoms with Crippen LogP contribution in [0.1, 0.15) is 0 Å². The molecule has 0 aromatic carbocycles. The molecule has 2 aromatic rings. The van der Waals surface area contributed by atoms with Crippen molar-refractivity contribution in [2.24, 2.45) is 0 Å². The first-order chi connectivity index (χ1) is 6.81. The van der Waals surface area contributed by atoms with Crippen LogP contribution in [0.25, 0.3) is 10.6 Å². The number of nitrogens with zero attached hydrogens (tertiary/aromatic N) is 2. The molecule has 0 atom stereocenters. The van der Waals surface area contributed by atoms with Gasteiger partial charge in [-0.25, -0.2) is 0 Å². The van der Waals surface area contributed by atoms with Crippen LogP contribution in [0.2, 0.25) is 0 Å². The minimum atomic E-state index is 0.152. The number of hydrogen-bond donors (Lipinski definition) is 1. The van der Waals surface area contributed by atoms with Gasteiger partial charge in [0.15, 0.2) is 0 Å². The molecule has 0 fully saturated rings. The van der Waals surface area contributed by atoms with Gasteiger partial charge in [0.05, 0.1) is 12.0 Å².